The standard InChI is InChI=1S/C19H37NO4/c1-5-7-9-10-11-12-14-23-18(21)17(13-8-6-2)20-19(22)24-15-16(3)4/h16-17H,5-15H2,1-4H3,(H,20,22). The molecule has 0 heterocycles. The largest absolute Gasteiger partial charge is 0.464 e. The number of amides is 1. The summed E-state index contributed by atoms with van der Waals surface area (Å²) in [5.41, 5.74) is 0. The third kappa shape index (κ3) is 13.2. The van der Waals surface area contributed by atoms with Gasteiger partial charge in [-0.15, -0.1) is 0 Å². The lowest BCUT2D eigenvalue weighted by Crippen LogP contribution is -2.42. The van der Waals surface area contributed by atoms with E-state index >= 15 is 0 Å². The van der Waals surface area contributed by atoms with Gasteiger partial charge < -0.3 is 14.8 Å². The molecular formula is C19H37NO4. The average molecular weight is 344 g/mol. The van der Waals surface area contributed by atoms with Crippen LogP contribution >= 0.6 is 0 Å². The SMILES string of the molecule is CCCCCCCCOC(=O)C(CCCC)NC(=O)OCC(C)C. The van der Waals surface area contributed by atoms with Crippen LogP contribution in [0.25, 0.3) is 0 Å². The van der Waals surface area contributed by atoms with E-state index in [0.717, 1.165) is 25.7 Å². The molecule has 0 bridgehead atoms. The first kappa shape index (κ1) is 22.7. The van der Waals surface area contributed by atoms with Gasteiger partial charge in [-0.25, -0.2) is 9.59 Å². The van der Waals surface area contributed by atoms with Gasteiger partial charge in [-0.05, 0) is 18.8 Å². The summed E-state index contributed by atoms with van der Waals surface area (Å²) in [4.78, 5) is 23.9. The maximum atomic E-state index is 12.2. The molecule has 0 radical (unpaired) electrons. The summed E-state index contributed by atoms with van der Waals surface area (Å²) in [6.07, 6.45) is 8.75. The lowest BCUT2D eigenvalue weighted by Gasteiger charge is -2.18. The topological polar surface area (TPSA) is 64.6 Å². The molecule has 0 aliphatic rings. The molecule has 1 atom stereocenters. The van der Waals surface area contributed by atoms with Crippen molar-refractivity contribution in [1.29, 1.82) is 0 Å². The number of hydrogen-bond donors (Lipinski definition) is 1. The second kappa shape index (κ2) is 15.3. The fraction of sp³-hybridized carbons (Fsp3) is 0.895. The fourth-order valence-corrected chi connectivity index (χ4v) is 2.24. The van der Waals surface area contributed by atoms with Crippen LogP contribution in [0.2, 0.25) is 0 Å². The molecule has 0 aliphatic carbocycles. The molecule has 0 saturated carbocycles. The molecule has 5 heteroatoms. The van der Waals surface area contributed by atoms with Crippen molar-refractivity contribution in [3.8, 4) is 0 Å². The van der Waals surface area contributed by atoms with Gasteiger partial charge in [0.15, 0.2) is 0 Å². The van der Waals surface area contributed by atoms with Crippen LogP contribution in [-0.4, -0.2) is 31.3 Å². The van der Waals surface area contributed by atoms with Crippen LogP contribution in [-0.2, 0) is 14.3 Å². The van der Waals surface area contributed by atoms with Crippen LogP contribution in [0.5, 0.6) is 0 Å². The molecule has 1 N–H and O–H groups in total. The Kier molecular flexibility index (Phi) is 14.5. The van der Waals surface area contributed by atoms with Gasteiger partial charge in [-0.3, -0.25) is 0 Å². The first-order valence-corrected chi connectivity index (χ1v) is 9.61. The Morgan fingerprint density at radius 2 is 1.50 bits per heavy atom. The zero-order chi connectivity index (χ0) is 18.2. The highest BCUT2D eigenvalue weighted by Crippen LogP contribution is 2.07. The number of carbonyl (C=O) groups excluding carboxylic acids is 2. The second-order valence-corrected chi connectivity index (χ2v) is 6.77. The van der Waals surface area contributed by atoms with Gasteiger partial charge in [-0.1, -0.05) is 72.6 Å². The normalized spacial score (nSPS) is 12.0. The molecule has 1 amide bonds. The van der Waals surface area contributed by atoms with E-state index in [4.69, 9.17) is 9.47 Å². The smallest absolute Gasteiger partial charge is 0.407 e. The van der Waals surface area contributed by atoms with E-state index in [-0.39, 0.29) is 11.9 Å². The second-order valence-electron chi connectivity index (χ2n) is 6.77. The van der Waals surface area contributed by atoms with Gasteiger partial charge in [0.25, 0.3) is 0 Å². The minimum absolute atomic E-state index is 0.268. The Morgan fingerprint density at radius 1 is 0.875 bits per heavy atom. The maximum absolute atomic E-state index is 12.2. The molecule has 1 unspecified atom stereocenters. The summed E-state index contributed by atoms with van der Waals surface area (Å²) in [5, 5.41) is 2.64. The minimum atomic E-state index is -0.607. The molecule has 0 aromatic heterocycles. The number of carbonyl (C=O) groups is 2. The molecule has 0 fully saturated rings. The van der Waals surface area contributed by atoms with Gasteiger partial charge in [0, 0.05) is 0 Å². The third-order valence-corrected chi connectivity index (χ3v) is 3.71. The van der Waals surface area contributed by atoms with E-state index in [1.54, 1.807) is 0 Å². The van der Waals surface area contributed by atoms with E-state index in [2.05, 4.69) is 19.2 Å². The van der Waals surface area contributed by atoms with Crippen molar-refractivity contribution in [3.05, 3.63) is 0 Å². The number of alkyl carbamates (subject to hydrolysis) is 1. The quantitative estimate of drug-likeness (QED) is 0.362. The average Bonchev–Trinajstić information content (AvgIpc) is 2.55. The molecule has 0 aromatic rings. The van der Waals surface area contributed by atoms with Crippen LogP contribution in [0.15, 0.2) is 0 Å². The summed E-state index contributed by atoms with van der Waals surface area (Å²) >= 11 is 0. The van der Waals surface area contributed by atoms with Crippen LogP contribution in [0, 0.1) is 5.92 Å². The molecule has 0 aromatic carbocycles. The first-order chi connectivity index (χ1) is 11.5. The van der Waals surface area contributed by atoms with Crippen molar-refractivity contribution in [3.63, 3.8) is 0 Å². The van der Waals surface area contributed by atoms with Crippen molar-refractivity contribution >= 4 is 12.1 Å². The van der Waals surface area contributed by atoms with Crippen LogP contribution in [0.1, 0.15) is 85.5 Å². The Morgan fingerprint density at radius 3 is 2.12 bits per heavy atom. The zero-order valence-corrected chi connectivity index (χ0v) is 16.1. The van der Waals surface area contributed by atoms with Gasteiger partial charge in [0.1, 0.15) is 6.04 Å². The highest BCUT2D eigenvalue weighted by molar-refractivity contribution is 5.81. The summed E-state index contributed by atoms with van der Waals surface area (Å²) in [6, 6.07) is -0.607. The summed E-state index contributed by atoms with van der Waals surface area (Å²) < 4.78 is 10.4. The molecule has 0 saturated heterocycles. The predicted octanol–water partition coefficient (Wildman–Crippen LogP) is 4.83. The number of hydrogen-bond acceptors (Lipinski definition) is 4. The molecule has 5 nitrogen and oxygen atoms in total. The first-order valence-electron chi connectivity index (χ1n) is 9.61. The number of rotatable bonds is 14. The number of ether oxygens (including phenoxy) is 2. The molecule has 142 valence electrons. The molecular weight excluding hydrogens is 306 g/mol. The highest BCUT2D eigenvalue weighted by Gasteiger charge is 2.22. The molecule has 0 spiro atoms. The van der Waals surface area contributed by atoms with Crippen molar-refractivity contribution in [2.45, 2.75) is 91.5 Å². The molecule has 0 aliphatic heterocycles. The fourth-order valence-electron chi connectivity index (χ4n) is 2.24. The van der Waals surface area contributed by atoms with E-state index in [1.165, 1.54) is 25.7 Å². The van der Waals surface area contributed by atoms with E-state index in [9.17, 15) is 9.59 Å². The van der Waals surface area contributed by atoms with E-state index in [0.29, 0.717) is 19.6 Å². The lowest BCUT2D eigenvalue weighted by atomic mass is 10.1. The molecule has 24 heavy (non-hydrogen) atoms. The number of unbranched alkanes of at least 4 members (excludes halogenated alkanes) is 6. The van der Waals surface area contributed by atoms with Crippen LogP contribution in [0.4, 0.5) is 4.79 Å². The third-order valence-electron chi connectivity index (χ3n) is 3.71. The van der Waals surface area contributed by atoms with E-state index < -0.39 is 12.1 Å². The van der Waals surface area contributed by atoms with Crippen molar-refractivity contribution in [2.75, 3.05) is 13.2 Å². The van der Waals surface area contributed by atoms with Crippen LogP contribution in [0.3, 0.4) is 0 Å². The summed E-state index contributed by atoms with van der Waals surface area (Å²) in [7, 11) is 0. The van der Waals surface area contributed by atoms with Gasteiger partial charge in [0.2, 0.25) is 0 Å². The lowest BCUT2D eigenvalue weighted by molar-refractivity contribution is -0.146. The Balaban J connectivity index is 4.08. The number of nitrogens with one attached hydrogen (secondary N) is 1. The highest BCUT2D eigenvalue weighted by atomic mass is 16.6. The van der Waals surface area contributed by atoms with Crippen molar-refractivity contribution in [2.24, 2.45) is 5.92 Å². The number of esters is 1. The Hall–Kier alpha value is -1.26. The van der Waals surface area contributed by atoms with Gasteiger partial charge >= 0.3 is 12.1 Å². The summed E-state index contributed by atoms with van der Waals surface area (Å²) in [5.74, 6) is -0.0805. The Labute approximate surface area is 147 Å². The summed E-state index contributed by atoms with van der Waals surface area (Å²) in [6.45, 7) is 8.95. The van der Waals surface area contributed by atoms with Gasteiger partial charge in [0.05, 0.1) is 13.2 Å². The van der Waals surface area contributed by atoms with E-state index in [1.807, 2.05) is 13.8 Å². The zero-order valence-electron chi connectivity index (χ0n) is 16.1. The van der Waals surface area contributed by atoms with Gasteiger partial charge in [-0.2, -0.15) is 0 Å². The van der Waals surface area contributed by atoms with Crippen molar-refractivity contribution < 1.29 is 19.1 Å². The minimum Gasteiger partial charge on any atom is -0.464 e. The van der Waals surface area contributed by atoms with Crippen molar-refractivity contribution in [1.82, 2.24) is 5.32 Å². The molecule has 0 rings (SSSR count). The van der Waals surface area contributed by atoms with Crippen LogP contribution < -0.4 is 5.32 Å². The predicted molar refractivity (Wildman–Crippen MR) is 97.0 cm³/mol. The Bertz CT molecular complexity index is 331. The maximum Gasteiger partial charge on any atom is 0.407 e. The monoisotopic (exact) mass is 343 g/mol.